The molecule has 1 aromatic heterocycles. The lowest BCUT2D eigenvalue weighted by molar-refractivity contribution is -0.281. The zero-order chi connectivity index (χ0) is 38.8. The lowest BCUT2D eigenvalue weighted by Gasteiger charge is -2.41. The molecule has 0 spiro atoms. The zero-order valence-corrected chi connectivity index (χ0v) is 27.9. The third-order valence-electron chi connectivity index (χ3n) is 8.75. The van der Waals surface area contributed by atoms with E-state index in [1.54, 1.807) is 0 Å². The van der Waals surface area contributed by atoms with E-state index in [-0.39, 0.29) is 34.2 Å². The smallest absolute Gasteiger partial charge is 0.331 e. The predicted octanol–water partition coefficient (Wildman–Crippen LogP) is -0.802. The second-order valence-corrected chi connectivity index (χ2v) is 12.4. The molecule has 0 aliphatic carbocycles. The Morgan fingerprint density at radius 2 is 1.31 bits per heavy atom. The Bertz CT molecular complexity index is 2030. The third kappa shape index (κ3) is 7.82. The van der Waals surface area contributed by atoms with E-state index in [9.17, 15) is 60.7 Å². The van der Waals surface area contributed by atoms with Gasteiger partial charge in [-0.25, -0.2) is 4.79 Å². The summed E-state index contributed by atoms with van der Waals surface area (Å²) in [5, 5.41) is 102. The van der Waals surface area contributed by atoms with Crippen LogP contribution in [0.4, 0.5) is 0 Å². The lowest BCUT2D eigenvalue weighted by Crippen LogP contribution is -2.61. The first-order chi connectivity index (χ1) is 25.8. The van der Waals surface area contributed by atoms with Crippen LogP contribution in [0.5, 0.6) is 28.7 Å². The van der Waals surface area contributed by atoms with Crippen LogP contribution in [0.3, 0.4) is 0 Å². The minimum Gasteiger partial charge on any atom is -0.508 e. The minimum absolute atomic E-state index is 0.00960. The van der Waals surface area contributed by atoms with Gasteiger partial charge in [-0.1, -0.05) is 12.1 Å². The number of aliphatic hydroxyl groups excluding tert-OH is 7. The van der Waals surface area contributed by atoms with Crippen LogP contribution < -0.4 is 14.9 Å². The molecule has 3 aromatic carbocycles. The third-order valence-corrected chi connectivity index (χ3v) is 8.75. The molecular formula is C36H36O18. The van der Waals surface area contributed by atoms with E-state index in [2.05, 4.69) is 0 Å². The van der Waals surface area contributed by atoms with Crippen LogP contribution in [0.25, 0.3) is 28.4 Å². The van der Waals surface area contributed by atoms with Crippen molar-refractivity contribution in [2.45, 2.75) is 61.4 Å². The van der Waals surface area contributed by atoms with Crippen LogP contribution >= 0.6 is 0 Å². The number of rotatable bonds is 10. The molecule has 0 radical (unpaired) electrons. The van der Waals surface area contributed by atoms with E-state index in [1.807, 2.05) is 0 Å². The number of aliphatic hydroxyl groups is 7. The second kappa shape index (κ2) is 16.0. The molecule has 0 bridgehead atoms. The average Bonchev–Trinajstić information content (AvgIpc) is 3.15. The number of benzene rings is 3. The van der Waals surface area contributed by atoms with Crippen LogP contribution in [0.1, 0.15) is 5.56 Å². The van der Waals surface area contributed by atoms with Crippen molar-refractivity contribution < 1.29 is 84.0 Å². The van der Waals surface area contributed by atoms with Crippen LogP contribution in [0, 0.1) is 0 Å². The largest absolute Gasteiger partial charge is 0.508 e. The summed E-state index contributed by atoms with van der Waals surface area (Å²) in [5.74, 6) is -3.25. The van der Waals surface area contributed by atoms with Gasteiger partial charge in [-0.15, -0.1) is 0 Å². The molecule has 0 unspecified atom stereocenters. The molecule has 0 saturated carbocycles. The fourth-order valence-corrected chi connectivity index (χ4v) is 5.85. The van der Waals surface area contributed by atoms with Gasteiger partial charge >= 0.3 is 5.97 Å². The van der Waals surface area contributed by atoms with E-state index in [1.165, 1.54) is 54.6 Å². The molecule has 10 atom stereocenters. The van der Waals surface area contributed by atoms with Gasteiger partial charge in [0, 0.05) is 23.8 Å². The summed E-state index contributed by atoms with van der Waals surface area (Å²) in [6.45, 7) is -1.58. The normalized spacial score (nSPS) is 28.6. The summed E-state index contributed by atoms with van der Waals surface area (Å²) >= 11 is 0. The van der Waals surface area contributed by atoms with Gasteiger partial charge in [-0.05, 0) is 48.0 Å². The van der Waals surface area contributed by atoms with Crippen molar-refractivity contribution in [2.24, 2.45) is 0 Å². The maximum Gasteiger partial charge on any atom is 0.331 e. The summed E-state index contributed by atoms with van der Waals surface area (Å²) in [5.41, 5.74) is -0.766. The number of hydrogen-bond donors (Lipinski definition) is 10. The lowest BCUT2D eigenvalue weighted by atomic mass is 9.99. The molecule has 0 amide bonds. The van der Waals surface area contributed by atoms with Crippen LogP contribution in [-0.4, -0.2) is 132 Å². The van der Waals surface area contributed by atoms with Gasteiger partial charge < -0.3 is 79.2 Å². The highest BCUT2D eigenvalue weighted by molar-refractivity contribution is 5.89. The van der Waals surface area contributed by atoms with Gasteiger partial charge in [0.15, 0.2) is 11.9 Å². The Kier molecular flexibility index (Phi) is 11.4. The molecule has 2 aliphatic heterocycles. The second-order valence-electron chi connectivity index (χ2n) is 12.4. The van der Waals surface area contributed by atoms with E-state index < -0.39 is 103 Å². The summed E-state index contributed by atoms with van der Waals surface area (Å²) in [6, 6.07) is 13.0. The van der Waals surface area contributed by atoms with Crippen LogP contribution in [0.15, 0.2) is 76.0 Å². The molecule has 2 aliphatic rings. The van der Waals surface area contributed by atoms with Crippen LogP contribution in [0.2, 0.25) is 0 Å². The standard InChI is InChI=1S/C36H36O18/c37-13-22-26(43)29(46)31(48)35(51-22)49-19-11-20(41)25-21(12-19)50-32(16-4-8-18(40)9-5-16)33(28(25)45)54-36-34(30(47)27(44)23(14-38)52-36)53-24(42)10-3-15-1-6-17(39)7-2-15/h1-12,22-23,26-27,29-31,34-41,43-44,46-48H,13-14H2/b10-3+/t22-,23+,26-,27+,29+,30+,31-,34-,35-,36+/m1/s1. The molecule has 2 fully saturated rings. The van der Waals surface area contributed by atoms with Crippen molar-refractivity contribution in [1.82, 2.24) is 0 Å². The molecule has 2 saturated heterocycles. The van der Waals surface area contributed by atoms with Gasteiger partial charge in [-0.2, -0.15) is 0 Å². The highest BCUT2D eigenvalue weighted by Crippen LogP contribution is 2.39. The minimum atomic E-state index is -1.92. The first-order valence-corrected chi connectivity index (χ1v) is 16.4. The number of hydrogen-bond acceptors (Lipinski definition) is 18. The summed E-state index contributed by atoms with van der Waals surface area (Å²) in [6.07, 6.45) is -14.8. The summed E-state index contributed by atoms with van der Waals surface area (Å²) in [7, 11) is 0. The van der Waals surface area contributed by atoms with Gasteiger partial charge in [0.05, 0.1) is 13.2 Å². The van der Waals surface area contributed by atoms with Crippen molar-refractivity contribution in [3.8, 4) is 40.1 Å². The van der Waals surface area contributed by atoms with Crippen molar-refractivity contribution in [2.75, 3.05) is 13.2 Å². The monoisotopic (exact) mass is 756 g/mol. The SMILES string of the molecule is O=C(/C=C/c1ccc(O)cc1)O[C@H]1[C@H](Oc2c(-c3ccc(O)cc3)oc3cc(O[C@@H]4O[C@H](CO)[C@@H](O)[C@H](O)[C@H]4O)cc(O)c3c2=O)O[C@@H](CO)[C@H](O)[C@@H]1O. The first kappa shape index (κ1) is 38.4. The molecule has 10 N–H and O–H groups in total. The van der Waals surface area contributed by atoms with Crippen molar-refractivity contribution in [3.05, 3.63) is 82.5 Å². The molecule has 288 valence electrons. The Balaban J connectivity index is 1.38. The number of phenols is 3. The van der Waals surface area contributed by atoms with Gasteiger partial charge in [0.25, 0.3) is 0 Å². The molecule has 6 rings (SSSR count). The molecular weight excluding hydrogens is 720 g/mol. The Hall–Kier alpha value is -5.28. The number of carbonyl (C=O) groups excluding carboxylic acids is 1. The molecule has 18 nitrogen and oxygen atoms in total. The number of ether oxygens (including phenoxy) is 5. The number of phenolic OH excluding ortho intramolecular Hbond substituents is 3. The fraction of sp³-hybridized carbons (Fsp3) is 0.333. The number of fused-ring (bicyclic) bond motifs is 1. The molecule has 54 heavy (non-hydrogen) atoms. The molecule has 3 heterocycles. The Morgan fingerprint density at radius 3 is 1.94 bits per heavy atom. The highest BCUT2D eigenvalue weighted by Gasteiger charge is 2.49. The van der Waals surface area contributed by atoms with Crippen LogP contribution in [-0.2, 0) is 19.0 Å². The van der Waals surface area contributed by atoms with Crippen molar-refractivity contribution >= 4 is 23.0 Å². The summed E-state index contributed by atoms with van der Waals surface area (Å²) in [4.78, 5) is 27.1. The van der Waals surface area contributed by atoms with Crippen molar-refractivity contribution in [1.29, 1.82) is 0 Å². The average molecular weight is 757 g/mol. The van der Waals surface area contributed by atoms with Gasteiger partial charge in [0.2, 0.25) is 23.8 Å². The van der Waals surface area contributed by atoms with Gasteiger partial charge in [-0.3, -0.25) is 4.79 Å². The Labute approximate surface area is 304 Å². The molecule has 18 heteroatoms. The maximum absolute atomic E-state index is 14.2. The van der Waals surface area contributed by atoms with E-state index in [0.717, 1.165) is 18.2 Å². The fourth-order valence-electron chi connectivity index (χ4n) is 5.85. The molecule has 4 aromatic rings. The van der Waals surface area contributed by atoms with E-state index in [0.29, 0.717) is 5.56 Å². The Morgan fingerprint density at radius 1 is 0.722 bits per heavy atom. The first-order valence-electron chi connectivity index (χ1n) is 16.4. The zero-order valence-electron chi connectivity index (χ0n) is 27.9. The van der Waals surface area contributed by atoms with E-state index in [4.69, 9.17) is 28.1 Å². The summed E-state index contributed by atoms with van der Waals surface area (Å²) < 4.78 is 34.0. The number of aromatic hydroxyl groups is 3. The predicted molar refractivity (Wildman–Crippen MR) is 181 cm³/mol. The van der Waals surface area contributed by atoms with E-state index >= 15 is 0 Å². The number of esters is 1. The highest BCUT2D eigenvalue weighted by atomic mass is 16.7. The topological polar surface area (TPSA) is 296 Å². The number of carbonyl (C=O) groups is 1. The van der Waals surface area contributed by atoms with Crippen molar-refractivity contribution in [3.63, 3.8) is 0 Å². The maximum atomic E-state index is 14.2. The van der Waals surface area contributed by atoms with Gasteiger partial charge in [0.1, 0.15) is 76.7 Å². The quantitative estimate of drug-likeness (QED) is 0.0700.